The number of nitrogens with zero attached hydrogens (tertiary/aromatic N) is 1. The van der Waals surface area contributed by atoms with Crippen LogP contribution in [0.2, 0.25) is 0 Å². The van der Waals surface area contributed by atoms with E-state index >= 15 is 0 Å². The zero-order chi connectivity index (χ0) is 12.1. The maximum atomic E-state index is 5.58. The molecule has 3 nitrogen and oxygen atoms in total. The third-order valence-corrected chi connectivity index (χ3v) is 2.76. The summed E-state index contributed by atoms with van der Waals surface area (Å²) >= 11 is 0. The summed E-state index contributed by atoms with van der Waals surface area (Å²) < 4.78 is 0. The minimum absolute atomic E-state index is 0.502. The van der Waals surface area contributed by atoms with Gasteiger partial charge in [0.25, 0.3) is 0 Å². The van der Waals surface area contributed by atoms with Gasteiger partial charge in [-0.2, -0.15) is 0 Å². The smallest absolute Gasteiger partial charge is 0.188 e. The van der Waals surface area contributed by atoms with E-state index in [1.807, 2.05) is 0 Å². The van der Waals surface area contributed by atoms with Crippen molar-refractivity contribution in [3.63, 3.8) is 0 Å². The molecule has 3 heteroatoms. The number of nitrogens with two attached hydrogens (primary N) is 1. The summed E-state index contributed by atoms with van der Waals surface area (Å²) in [5, 5.41) is 3.08. The number of guanidine groups is 1. The molecule has 88 valence electrons. The van der Waals surface area contributed by atoms with Crippen molar-refractivity contribution in [1.82, 2.24) is 5.32 Å². The number of aryl methyl sites for hydroxylation is 3. The second-order valence-corrected chi connectivity index (χ2v) is 4.16. The highest BCUT2D eigenvalue weighted by Gasteiger charge is 2.03. The molecule has 0 bridgehead atoms. The second-order valence-electron chi connectivity index (χ2n) is 4.16. The lowest BCUT2D eigenvalue weighted by molar-refractivity contribution is 0.846. The van der Waals surface area contributed by atoms with Crippen molar-refractivity contribution in [2.75, 3.05) is 13.6 Å². The van der Waals surface area contributed by atoms with Crippen LogP contribution in [-0.2, 0) is 6.42 Å². The van der Waals surface area contributed by atoms with Crippen LogP contribution in [-0.4, -0.2) is 19.6 Å². The largest absolute Gasteiger partial charge is 0.370 e. The number of hydrogen-bond acceptors (Lipinski definition) is 1. The van der Waals surface area contributed by atoms with Gasteiger partial charge in [0.1, 0.15) is 0 Å². The van der Waals surface area contributed by atoms with Crippen molar-refractivity contribution in [2.24, 2.45) is 10.7 Å². The summed E-state index contributed by atoms with van der Waals surface area (Å²) in [4.78, 5) is 3.86. The molecular weight excluding hydrogens is 198 g/mol. The Labute approximate surface area is 97.8 Å². The number of hydrogen-bond donors (Lipinski definition) is 2. The molecule has 0 radical (unpaired) electrons. The van der Waals surface area contributed by atoms with E-state index in [4.69, 9.17) is 5.73 Å². The normalized spacial score (nSPS) is 11.6. The highest BCUT2D eigenvalue weighted by Crippen LogP contribution is 2.16. The molecular formula is C13H21N3. The first kappa shape index (κ1) is 12.6. The molecule has 0 fully saturated rings. The van der Waals surface area contributed by atoms with Gasteiger partial charge in [-0.25, -0.2) is 0 Å². The lowest BCUT2D eigenvalue weighted by Gasteiger charge is -2.12. The average Bonchev–Trinajstić information content (AvgIpc) is 2.21. The van der Waals surface area contributed by atoms with Crippen LogP contribution in [0, 0.1) is 20.8 Å². The van der Waals surface area contributed by atoms with Crippen molar-refractivity contribution < 1.29 is 0 Å². The van der Waals surface area contributed by atoms with Crippen molar-refractivity contribution in [3.05, 3.63) is 34.4 Å². The Morgan fingerprint density at radius 1 is 1.25 bits per heavy atom. The molecule has 1 rings (SSSR count). The number of aliphatic imine (C=N–C) groups is 1. The van der Waals surface area contributed by atoms with Crippen LogP contribution in [0.4, 0.5) is 0 Å². The minimum Gasteiger partial charge on any atom is -0.370 e. The predicted molar refractivity (Wildman–Crippen MR) is 69.9 cm³/mol. The fraction of sp³-hybridized carbons (Fsp3) is 0.462. The van der Waals surface area contributed by atoms with E-state index in [1.165, 1.54) is 22.3 Å². The third-order valence-electron chi connectivity index (χ3n) is 2.76. The molecule has 0 heterocycles. The first-order chi connectivity index (χ1) is 7.54. The summed E-state index contributed by atoms with van der Waals surface area (Å²) in [6.07, 6.45) is 0.980. The van der Waals surface area contributed by atoms with Crippen LogP contribution in [0.3, 0.4) is 0 Å². The molecule has 0 aliphatic carbocycles. The van der Waals surface area contributed by atoms with E-state index in [1.54, 1.807) is 7.05 Å². The highest BCUT2D eigenvalue weighted by molar-refractivity contribution is 5.77. The van der Waals surface area contributed by atoms with E-state index in [-0.39, 0.29) is 0 Å². The molecule has 0 amide bonds. The zero-order valence-corrected chi connectivity index (χ0v) is 10.6. The van der Waals surface area contributed by atoms with E-state index in [2.05, 4.69) is 43.2 Å². The van der Waals surface area contributed by atoms with E-state index in [0.29, 0.717) is 5.96 Å². The third kappa shape index (κ3) is 3.26. The lowest BCUT2D eigenvalue weighted by atomic mass is 9.97. The molecule has 0 aromatic heterocycles. The average molecular weight is 219 g/mol. The molecule has 1 aromatic carbocycles. The number of benzene rings is 1. The molecule has 3 N–H and O–H groups in total. The molecule has 0 atom stereocenters. The van der Waals surface area contributed by atoms with Crippen molar-refractivity contribution in [2.45, 2.75) is 27.2 Å². The van der Waals surface area contributed by atoms with Gasteiger partial charge in [-0.15, -0.1) is 0 Å². The predicted octanol–water partition coefficient (Wildman–Crippen LogP) is 1.69. The quantitative estimate of drug-likeness (QED) is 0.600. The van der Waals surface area contributed by atoms with Gasteiger partial charge in [0.05, 0.1) is 0 Å². The van der Waals surface area contributed by atoms with Crippen molar-refractivity contribution >= 4 is 5.96 Å². The van der Waals surface area contributed by atoms with Crippen LogP contribution in [0.1, 0.15) is 22.3 Å². The van der Waals surface area contributed by atoms with E-state index < -0.39 is 0 Å². The molecule has 0 aliphatic rings. The molecule has 16 heavy (non-hydrogen) atoms. The lowest BCUT2D eigenvalue weighted by Crippen LogP contribution is -2.33. The van der Waals surface area contributed by atoms with E-state index in [9.17, 15) is 0 Å². The molecule has 0 aliphatic heterocycles. The molecule has 0 saturated carbocycles. The topological polar surface area (TPSA) is 50.4 Å². The van der Waals surface area contributed by atoms with Gasteiger partial charge < -0.3 is 11.1 Å². The zero-order valence-electron chi connectivity index (χ0n) is 10.6. The Kier molecular flexibility index (Phi) is 4.35. The first-order valence-corrected chi connectivity index (χ1v) is 5.57. The van der Waals surface area contributed by atoms with Gasteiger partial charge in [0, 0.05) is 13.6 Å². The van der Waals surface area contributed by atoms with Crippen LogP contribution in [0.15, 0.2) is 17.1 Å². The Hall–Kier alpha value is -1.51. The van der Waals surface area contributed by atoms with Crippen LogP contribution >= 0.6 is 0 Å². The summed E-state index contributed by atoms with van der Waals surface area (Å²) in [7, 11) is 1.69. The Morgan fingerprint density at radius 2 is 1.81 bits per heavy atom. The number of nitrogens with one attached hydrogen (secondary N) is 1. The maximum Gasteiger partial charge on any atom is 0.188 e. The van der Waals surface area contributed by atoms with Gasteiger partial charge in [0.15, 0.2) is 5.96 Å². The molecule has 0 saturated heterocycles. The van der Waals surface area contributed by atoms with Gasteiger partial charge in [-0.3, -0.25) is 4.99 Å². The fourth-order valence-electron chi connectivity index (χ4n) is 2.00. The first-order valence-electron chi connectivity index (χ1n) is 5.57. The monoisotopic (exact) mass is 219 g/mol. The summed E-state index contributed by atoms with van der Waals surface area (Å²) in [5.41, 5.74) is 11.0. The number of rotatable bonds is 3. The Balaban J connectivity index is 2.67. The molecule has 0 unspecified atom stereocenters. The highest BCUT2D eigenvalue weighted by atomic mass is 15.1. The van der Waals surface area contributed by atoms with Crippen molar-refractivity contribution in [1.29, 1.82) is 0 Å². The Morgan fingerprint density at radius 3 is 2.31 bits per heavy atom. The van der Waals surface area contributed by atoms with Gasteiger partial charge in [0.2, 0.25) is 0 Å². The van der Waals surface area contributed by atoms with Gasteiger partial charge in [-0.05, 0) is 43.9 Å². The van der Waals surface area contributed by atoms with E-state index in [0.717, 1.165) is 13.0 Å². The van der Waals surface area contributed by atoms with Gasteiger partial charge in [-0.1, -0.05) is 17.7 Å². The maximum absolute atomic E-state index is 5.58. The fourth-order valence-corrected chi connectivity index (χ4v) is 2.00. The van der Waals surface area contributed by atoms with Crippen LogP contribution in [0.25, 0.3) is 0 Å². The van der Waals surface area contributed by atoms with Crippen LogP contribution < -0.4 is 11.1 Å². The second kappa shape index (κ2) is 5.54. The standard InChI is InChI=1S/C13H21N3/c1-9-7-10(2)12(11(3)8-9)5-6-16-13(14)15-4/h7-8H,5-6H2,1-4H3,(H3,14,15,16). The summed E-state index contributed by atoms with van der Waals surface area (Å²) in [6.45, 7) is 7.27. The summed E-state index contributed by atoms with van der Waals surface area (Å²) in [5.74, 6) is 0.502. The van der Waals surface area contributed by atoms with Crippen molar-refractivity contribution in [3.8, 4) is 0 Å². The summed E-state index contributed by atoms with van der Waals surface area (Å²) in [6, 6.07) is 4.44. The SMILES string of the molecule is CN=C(N)NCCc1c(C)cc(C)cc1C. The minimum atomic E-state index is 0.502. The molecule has 1 aromatic rings. The Bertz CT molecular complexity index is 371. The van der Waals surface area contributed by atoms with Crippen LogP contribution in [0.5, 0.6) is 0 Å². The molecule has 0 spiro atoms. The van der Waals surface area contributed by atoms with Gasteiger partial charge >= 0.3 is 0 Å².